The summed E-state index contributed by atoms with van der Waals surface area (Å²) in [6, 6.07) is 0. The Morgan fingerprint density at radius 3 is 0.875 bits per heavy atom. The Morgan fingerprint density at radius 1 is 0.350 bits per heavy atom. The lowest BCUT2D eigenvalue weighted by molar-refractivity contribution is -0.319. The molecule has 4 saturated heterocycles. The molecule has 0 bridgehead atoms. The summed E-state index contributed by atoms with van der Waals surface area (Å²) in [4.78, 5) is 77.0. The number of hydrogen-bond donors (Lipinski definition) is 0. The fraction of sp³-hybridized carbons (Fsp3) is 0.906. The zero-order valence-corrected chi connectivity index (χ0v) is 53.0. The predicted octanol–water partition coefficient (Wildman–Crippen LogP) is 13.1. The van der Waals surface area contributed by atoms with Crippen LogP contribution in [0.3, 0.4) is 0 Å². The minimum atomic E-state index is -0.491. The van der Waals surface area contributed by atoms with Crippen molar-refractivity contribution in [2.75, 3.05) is 13.2 Å². The number of rotatable bonds is 25. The Hall–Kier alpha value is -2.88. The smallest absolute Gasteiger partial charge is 0.306 e. The molecule has 0 N–H and O–H groups in total. The average Bonchev–Trinajstić information content (AvgIpc) is 3.54. The van der Waals surface area contributed by atoms with Gasteiger partial charge in [-0.1, -0.05) is 64.2 Å². The van der Waals surface area contributed by atoms with Gasteiger partial charge >= 0.3 is 11.9 Å². The fourth-order valence-corrected chi connectivity index (χ4v) is 15.5. The van der Waals surface area contributed by atoms with Crippen LogP contribution in [-0.2, 0) is 57.5 Å². The summed E-state index contributed by atoms with van der Waals surface area (Å²) in [5, 5.41) is 8.28. The lowest BCUT2D eigenvalue weighted by Gasteiger charge is -2.54. The van der Waals surface area contributed by atoms with E-state index in [1.807, 2.05) is 22.0 Å². The van der Waals surface area contributed by atoms with Gasteiger partial charge in [0.2, 0.25) is 11.5 Å². The fourth-order valence-electron chi connectivity index (χ4n) is 15.5. The Balaban J connectivity index is 0.835. The summed E-state index contributed by atoms with van der Waals surface area (Å²) in [5.41, 5.74) is -3.14. The van der Waals surface area contributed by atoms with E-state index >= 15 is 0 Å². The molecule has 6 aliphatic rings. The van der Waals surface area contributed by atoms with Crippen LogP contribution in [0.1, 0.15) is 278 Å². The maximum absolute atomic E-state index is 13.1. The summed E-state index contributed by atoms with van der Waals surface area (Å²) in [6.45, 7) is 34.1. The summed E-state index contributed by atoms with van der Waals surface area (Å²) >= 11 is 0. The van der Waals surface area contributed by atoms with Gasteiger partial charge in [0, 0.05) is 109 Å². The number of esters is 2. The van der Waals surface area contributed by atoms with Gasteiger partial charge in [0.1, 0.15) is 37.6 Å². The number of unbranched alkanes of at least 4 members (excludes halogenated alkanes) is 5. The van der Waals surface area contributed by atoms with Crippen LogP contribution in [0.5, 0.6) is 0 Å². The minimum Gasteiger partial charge on any atom is -0.481 e. The van der Waals surface area contributed by atoms with E-state index in [-0.39, 0.29) is 95.5 Å². The van der Waals surface area contributed by atoms with Gasteiger partial charge in [0.05, 0.1) is 12.2 Å². The molecule has 0 aromatic carbocycles. The molecule has 0 unspecified atom stereocenters. The predicted molar refractivity (Wildman–Crippen MR) is 310 cm³/mol. The van der Waals surface area contributed by atoms with E-state index in [0.29, 0.717) is 64.2 Å². The van der Waals surface area contributed by atoms with Crippen molar-refractivity contribution in [2.45, 2.75) is 359 Å². The maximum atomic E-state index is 13.1. The van der Waals surface area contributed by atoms with Crippen LogP contribution in [0.15, 0.2) is 11.5 Å². The van der Waals surface area contributed by atoms with Gasteiger partial charge in [-0.3, -0.25) is 28.9 Å². The van der Waals surface area contributed by atoms with Gasteiger partial charge in [0.15, 0.2) is 11.9 Å². The number of carbonyl (C=O) groups is 2. The molecule has 16 heteroatoms. The second-order valence-corrected chi connectivity index (χ2v) is 30.0. The third kappa shape index (κ3) is 18.3. The summed E-state index contributed by atoms with van der Waals surface area (Å²) in [5.74, 6) is 4.01. The largest absolute Gasteiger partial charge is 0.481 e. The van der Waals surface area contributed by atoms with Crippen LogP contribution in [0.2, 0.25) is 0 Å². The summed E-state index contributed by atoms with van der Waals surface area (Å²) in [6.07, 6.45) is 22.5. The van der Waals surface area contributed by atoms with Crippen molar-refractivity contribution in [3.05, 3.63) is 11.5 Å². The highest BCUT2D eigenvalue weighted by atomic mass is 16.7. The Kier molecular flexibility index (Phi) is 22.7. The second kappa shape index (κ2) is 27.4. The van der Waals surface area contributed by atoms with Crippen LogP contribution in [0.25, 0.3) is 0 Å². The van der Waals surface area contributed by atoms with E-state index in [1.54, 1.807) is 0 Å². The first-order valence-electron chi connectivity index (χ1n) is 31.3. The molecule has 6 rings (SSSR count). The molecule has 80 heavy (non-hydrogen) atoms. The normalized spacial score (nSPS) is 25.9. The number of ether oxygens (including phenoxy) is 4. The Morgan fingerprint density at radius 2 is 0.600 bits per heavy atom. The molecule has 0 aromatic heterocycles. The van der Waals surface area contributed by atoms with Gasteiger partial charge in [-0.25, -0.2) is 9.59 Å². The highest BCUT2D eigenvalue weighted by Gasteiger charge is 2.53. The molecular formula is C64H110N4O12. The number of piperidine rings is 4. The van der Waals surface area contributed by atoms with Crippen molar-refractivity contribution in [3.63, 3.8) is 0 Å². The first-order valence-corrected chi connectivity index (χ1v) is 31.3. The molecule has 2 saturated carbocycles. The summed E-state index contributed by atoms with van der Waals surface area (Å²) in [7, 11) is 0. The maximum Gasteiger partial charge on any atom is 0.306 e. The van der Waals surface area contributed by atoms with Crippen molar-refractivity contribution in [2.24, 2.45) is 0 Å². The monoisotopic (exact) mass is 1130 g/mol. The SMILES string of the molecule is CC1(C)CC(OC(=O)CCCCCCCCC(=O)OC2CC(C)(C)N(OCC(=C=O)OC3CC(C)(C)N(OC4CCCCC4)C(C)(C)C3)C(C)(C)C2)CC(C)(C)N1OCC(=C=O)OC1CC(C)(C)N(OC2CCCCC2)C(C)(C)C1. The van der Waals surface area contributed by atoms with Crippen LogP contribution in [-0.4, -0.2) is 138 Å². The van der Waals surface area contributed by atoms with Gasteiger partial charge in [-0.15, -0.1) is 0 Å². The number of nitrogens with zero attached hydrogens (tertiary/aromatic N) is 4. The first kappa shape index (κ1) is 66.3. The third-order valence-electron chi connectivity index (χ3n) is 17.9. The summed E-state index contributed by atoms with van der Waals surface area (Å²) < 4.78 is 24.9. The highest BCUT2D eigenvalue weighted by Crippen LogP contribution is 2.46. The Labute approximate surface area is 483 Å². The molecule has 458 valence electrons. The zero-order chi connectivity index (χ0) is 59.0. The van der Waals surface area contributed by atoms with Crippen LogP contribution >= 0.6 is 0 Å². The van der Waals surface area contributed by atoms with Crippen molar-refractivity contribution >= 4 is 23.8 Å². The molecule has 0 amide bonds. The zero-order valence-electron chi connectivity index (χ0n) is 53.0. The number of hydrogen-bond acceptors (Lipinski definition) is 16. The third-order valence-corrected chi connectivity index (χ3v) is 17.9. The molecule has 4 aliphatic heterocycles. The molecule has 0 aromatic rings. The molecule has 16 nitrogen and oxygen atoms in total. The molecular weight excluding hydrogens is 1020 g/mol. The van der Waals surface area contributed by atoms with E-state index in [0.717, 1.165) is 64.2 Å². The quantitative estimate of drug-likeness (QED) is 0.0368. The second-order valence-electron chi connectivity index (χ2n) is 30.0. The lowest BCUT2D eigenvalue weighted by Crippen LogP contribution is -2.63. The topological polar surface area (TPSA) is 155 Å². The van der Waals surface area contributed by atoms with E-state index in [4.69, 9.17) is 38.3 Å². The van der Waals surface area contributed by atoms with Gasteiger partial charge in [-0.05, 0) is 149 Å². The molecule has 0 atom stereocenters. The van der Waals surface area contributed by atoms with Crippen molar-refractivity contribution < 1.29 is 57.5 Å². The van der Waals surface area contributed by atoms with E-state index in [9.17, 15) is 19.2 Å². The van der Waals surface area contributed by atoms with E-state index < -0.39 is 22.2 Å². The molecule has 0 radical (unpaired) electrons. The number of hydroxylamine groups is 8. The van der Waals surface area contributed by atoms with E-state index in [2.05, 4.69) is 121 Å². The van der Waals surface area contributed by atoms with Crippen LogP contribution in [0.4, 0.5) is 0 Å². The van der Waals surface area contributed by atoms with Crippen LogP contribution < -0.4 is 0 Å². The first-order chi connectivity index (χ1) is 37.3. The van der Waals surface area contributed by atoms with Gasteiger partial charge in [-0.2, -0.15) is 20.3 Å². The molecule has 4 heterocycles. The van der Waals surface area contributed by atoms with Gasteiger partial charge in [0.25, 0.3) is 0 Å². The van der Waals surface area contributed by atoms with Crippen molar-refractivity contribution in [1.82, 2.24) is 20.3 Å². The number of carbonyl (C=O) groups excluding carboxylic acids is 4. The van der Waals surface area contributed by atoms with Crippen molar-refractivity contribution in [1.29, 1.82) is 0 Å². The highest BCUT2D eigenvalue weighted by molar-refractivity contribution is 5.70. The van der Waals surface area contributed by atoms with Crippen LogP contribution in [0, 0.1) is 0 Å². The lowest BCUT2D eigenvalue weighted by atomic mass is 9.80. The molecule has 0 spiro atoms. The average molecular weight is 1130 g/mol. The Bertz CT molecular complexity index is 1910. The molecule has 2 aliphatic carbocycles. The van der Waals surface area contributed by atoms with Crippen molar-refractivity contribution in [3.8, 4) is 0 Å². The van der Waals surface area contributed by atoms with Gasteiger partial charge < -0.3 is 18.9 Å². The standard InChI is InChI=1S/C64H110N4O12/c1-57(2)39-51(40-58(3,4)65(57)73-45-53(43-69)75-49-35-61(9,10)67(62(11,12)36-49)79-47-29-23-21-24-30-47)77-55(71)33-27-19-17-18-20-28-34-56(72)78-52-41-59(5,6)66(60(7,8)42-52)74-46-54(44-70)76-50-37-63(13,14)68(64(15,16)38-50)80-48-31-25-22-26-32-48/h47-52H,17-42,45-46H2,1-16H3. The van der Waals surface area contributed by atoms with E-state index in [1.165, 1.54) is 38.5 Å². The molecule has 6 fully saturated rings. The minimum absolute atomic E-state index is 0.0329.